The fraction of sp³-hybridized carbons (Fsp3) is 0.222. The molecule has 0 amide bonds. The maximum atomic E-state index is 2.50. The van der Waals surface area contributed by atoms with Crippen LogP contribution in [-0.4, -0.2) is 36.5 Å². The van der Waals surface area contributed by atoms with Crippen LogP contribution in [-0.2, 0) is 0 Å². The molecule has 2 heteroatoms. The standard InChI is InChI=1S/C36H38Ge2/c1-35(2,3)37-31(27-19-11-7-12-20-27)33(29-23-15-9-16-24-29)38(36(4,5)6)34(30-25-17-10-18-26-30)32(37)28-21-13-8-14-22-28/h7-26H,1-6H3. The molecule has 4 aromatic carbocycles. The summed E-state index contributed by atoms with van der Waals surface area (Å²) in [5.74, 6) is 0. The number of benzene rings is 4. The Morgan fingerprint density at radius 2 is 0.579 bits per heavy atom. The Bertz CT molecular complexity index is 1390. The van der Waals surface area contributed by atoms with Gasteiger partial charge in [0.15, 0.2) is 0 Å². The second-order valence-corrected chi connectivity index (χ2v) is 25.9. The van der Waals surface area contributed by atoms with Crippen LogP contribution in [0.1, 0.15) is 63.8 Å². The van der Waals surface area contributed by atoms with E-state index in [0.717, 1.165) is 0 Å². The van der Waals surface area contributed by atoms with Gasteiger partial charge in [-0.3, -0.25) is 0 Å². The van der Waals surface area contributed by atoms with E-state index in [1.807, 2.05) is 0 Å². The molecule has 0 spiro atoms. The average Bonchev–Trinajstić information content (AvgIpc) is 2.92. The fourth-order valence-electron chi connectivity index (χ4n) is 5.82. The third-order valence-corrected chi connectivity index (χ3v) is 24.5. The first-order valence-corrected chi connectivity index (χ1v) is 19.9. The molecule has 190 valence electrons. The Hall–Kier alpha value is -2.55. The summed E-state index contributed by atoms with van der Waals surface area (Å²) in [5.41, 5.74) is 5.74. The molecule has 0 radical (unpaired) electrons. The number of hydrogen-bond acceptors (Lipinski definition) is 0. The molecule has 4 aromatic rings. The predicted octanol–water partition coefficient (Wildman–Crippen LogP) is 8.88. The van der Waals surface area contributed by atoms with E-state index in [-0.39, 0.29) is 8.49 Å². The minimum atomic E-state index is -2.16. The first kappa shape index (κ1) is 27.0. The molecule has 0 atom stereocenters. The molecular formula is C36H38Ge2. The summed E-state index contributed by atoms with van der Waals surface area (Å²) >= 11 is -4.33. The van der Waals surface area contributed by atoms with E-state index in [4.69, 9.17) is 0 Å². The van der Waals surface area contributed by atoms with Crippen LogP contribution in [0, 0.1) is 0 Å². The van der Waals surface area contributed by atoms with Crippen LogP contribution in [0.5, 0.6) is 0 Å². The Labute approximate surface area is 237 Å². The van der Waals surface area contributed by atoms with Crippen LogP contribution in [0.4, 0.5) is 0 Å². The molecule has 0 saturated heterocycles. The molecule has 5 rings (SSSR count). The quantitative estimate of drug-likeness (QED) is 0.201. The molecule has 1 heterocycles. The van der Waals surface area contributed by atoms with Gasteiger partial charge in [-0.05, 0) is 0 Å². The van der Waals surface area contributed by atoms with Gasteiger partial charge < -0.3 is 0 Å². The van der Waals surface area contributed by atoms with Crippen molar-refractivity contribution in [3.63, 3.8) is 0 Å². The molecule has 1 aliphatic rings. The Morgan fingerprint density at radius 3 is 0.816 bits per heavy atom. The minimum absolute atomic E-state index is 0.179. The average molecular weight is 616 g/mol. The van der Waals surface area contributed by atoms with Crippen molar-refractivity contribution < 1.29 is 0 Å². The van der Waals surface area contributed by atoms with Gasteiger partial charge in [-0.15, -0.1) is 0 Å². The van der Waals surface area contributed by atoms with Crippen LogP contribution in [0.3, 0.4) is 0 Å². The van der Waals surface area contributed by atoms with Gasteiger partial charge in [0.2, 0.25) is 0 Å². The van der Waals surface area contributed by atoms with Gasteiger partial charge in [-0.2, -0.15) is 0 Å². The molecular weight excluding hydrogens is 578 g/mol. The van der Waals surface area contributed by atoms with Gasteiger partial charge in [0, 0.05) is 0 Å². The zero-order chi connectivity index (χ0) is 26.9. The van der Waals surface area contributed by atoms with Crippen LogP contribution >= 0.6 is 0 Å². The molecule has 0 fully saturated rings. The van der Waals surface area contributed by atoms with Crippen molar-refractivity contribution in [2.24, 2.45) is 0 Å². The molecule has 0 aliphatic carbocycles. The molecule has 0 bridgehead atoms. The predicted molar refractivity (Wildman–Crippen MR) is 172 cm³/mol. The Morgan fingerprint density at radius 1 is 0.342 bits per heavy atom. The van der Waals surface area contributed by atoms with Gasteiger partial charge in [-0.25, -0.2) is 0 Å². The van der Waals surface area contributed by atoms with Gasteiger partial charge in [0.1, 0.15) is 0 Å². The van der Waals surface area contributed by atoms with Crippen LogP contribution in [0.2, 0.25) is 8.49 Å². The molecule has 1 aliphatic heterocycles. The third-order valence-electron chi connectivity index (χ3n) is 7.25. The zero-order valence-corrected chi connectivity index (χ0v) is 27.7. The van der Waals surface area contributed by atoms with Gasteiger partial charge in [-0.1, -0.05) is 0 Å². The molecule has 0 nitrogen and oxygen atoms in total. The fourth-order valence-corrected chi connectivity index (χ4v) is 25.7. The van der Waals surface area contributed by atoms with Crippen molar-refractivity contribution in [3.8, 4) is 0 Å². The van der Waals surface area contributed by atoms with E-state index in [1.165, 1.54) is 22.3 Å². The summed E-state index contributed by atoms with van der Waals surface area (Å²) in [7, 11) is 0. The van der Waals surface area contributed by atoms with Crippen molar-refractivity contribution in [1.82, 2.24) is 0 Å². The van der Waals surface area contributed by atoms with Crippen LogP contribution < -0.4 is 0 Å². The van der Waals surface area contributed by atoms with Crippen molar-refractivity contribution in [1.29, 1.82) is 0 Å². The van der Waals surface area contributed by atoms with Crippen molar-refractivity contribution in [2.75, 3.05) is 0 Å². The first-order chi connectivity index (χ1) is 18.2. The van der Waals surface area contributed by atoms with Gasteiger partial charge in [0.05, 0.1) is 0 Å². The Balaban J connectivity index is 2.11. The van der Waals surface area contributed by atoms with E-state index in [2.05, 4.69) is 163 Å². The molecule has 0 aromatic heterocycles. The van der Waals surface area contributed by atoms with E-state index < -0.39 is 27.8 Å². The molecule has 38 heavy (non-hydrogen) atoms. The maximum absolute atomic E-state index is 2.50. The number of rotatable bonds is 4. The van der Waals surface area contributed by atoms with E-state index in [9.17, 15) is 0 Å². The molecule has 0 unspecified atom stereocenters. The van der Waals surface area contributed by atoms with E-state index in [0.29, 0.717) is 0 Å². The molecule has 0 N–H and O–H groups in total. The van der Waals surface area contributed by atoms with Crippen molar-refractivity contribution >= 4 is 45.3 Å². The summed E-state index contributed by atoms with van der Waals surface area (Å²) in [4.78, 5) is 0. The zero-order valence-electron chi connectivity index (χ0n) is 23.5. The van der Waals surface area contributed by atoms with Gasteiger partial charge >= 0.3 is 239 Å². The third kappa shape index (κ3) is 5.31. The van der Waals surface area contributed by atoms with Crippen LogP contribution in [0.15, 0.2) is 121 Å². The number of hydrogen-bond donors (Lipinski definition) is 0. The normalized spacial score (nSPS) is 14.8. The summed E-state index contributed by atoms with van der Waals surface area (Å²) in [5, 5.41) is 0. The molecule has 0 saturated carbocycles. The SMILES string of the molecule is C[C](C)(C)[Ge]1=[C](c2ccccc2)[C](c2ccccc2)=[Ge]([C](C)(C)C)[C](c2ccccc2)=[C]1c1ccccc1. The van der Waals surface area contributed by atoms with E-state index >= 15 is 0 Å². The van der Waals surface area contributed by atoms with E-state index in [1.54, 1.807) is 17.5 Å². The summed E-state index contributed by atoms with van der Waals surface area (Å²) in [6, 6.07) is 45.6. The second kappa shape index (κ2) is 10.9. The van der Waals surface area contributed by atoms with Gasteiger partial charge in [0.25, 0.3) is 0 Å². The second-order valence-electron chi connectivity index (χ2n) is 12.2. The Kier molecular flexibility index (Phi) is 7.76. The van der Waals surface area contributed by atoms with Crippen molar-refractivity contribution in [2.45, 2.75) is 50.0 Å². The summed E-state index contributed by atoms with van der Waals surface area (Å²) < 4.78 is 7.16. The topological polar surface area (TPSA) is 0 Å². The van der Waals surface area contributed by atoms with Crippen molar-refractivity contribution in [3.05, 3.63) is 144 Å². The monoisotopic (exact) mass is 618 g/mol. The van der Waals surface area contributed by atoms with Crippen LogP contribution in [0.25, 0.3) is 8.81 Å². The summed E-state index contributed by atoms with van der Waals surface area (Å²) in [6.07, 6.45) is 0. The first-order valence-electron chi connectivity index (χ1n) is 13.6. The summed E-state index contributed by atoms with van der Waals surface area (Å²) in [6.45, 7) is 15.0.